The molecule has 0 spiro atoms. The molecule has 0 saturated carbocycles. The number of hydrogen-bond acceptors (Lipinski definition) is 2. The summed E-state index contributed by atoms with van der Waals surface area (Å²) in [5, 5.41) is 10.1. The van der Waals surface area contributed by atoms with Crippen LogP contribution in [0.15, 0.2) is 30.3 Å². The number of hydrogen-bond donors (Lipinski definition) is 1. The Hall–Kier alpha value is -1.19. The highest BCUT2D eigenvalue weighted by atomic mass is 19.1. The molecule has 2 aliphatic heterocycles. The van der Waals surface area contributed by atoms with E-state index < -0.39 is 0 Å². The summed E-state index contributed by atoms with van der Waals surface area (Å²) < 4.78 is 12.9. The molecule has 2 aliphatic rings. The van der Waals surface area contributed by atoms with Crippen LogP contribution >= 0.6 is 0 Å². The Morgan fingerprint density at radius 1 is 1.24 bits per heavy atom. The van der Waals surface area contributed by atoms with Gasteiger partial charge in [0.2, 0.25) is 0 Å². The molecular formula is C14H16FNO. The smallest absolute Gasteiger partial charge is 0.123 e. The maximum absolute atomic E-state index is 12.9. The van der Waals surface area contributed by atoms with Crippen molar-refractivity contribution < 1.29 is 9.50 Å². The van der Waals surface area contributed by atoms with Crippen LogP contribution in [0.25, 0.3) is 5.57 Å². The third-order valence-electron chi connectivity index (χ3n) is 3.81. The zero-order valence-corrected chi connectivity index (χ0v) is 9.64. The fraction of sp³-hybridized carbons (Fsp3) is 0.429. The van der Waals surface area contributed by atoms with E-state index in [2.05, 4.69) is 11.0 Å². The van der Waals surface area contributed by atoms with Gasteiger partial charge < -0.3 is 5.11 Å². The monoisotopic (exact) mass is 233 g/mol. The Bertz CT molecular complexity index is 440. The molecule has 90 valence electrons. The number of aliphatic hydroxyl groups is 1. The molecule has 17 heavy (non-hydrogen) atoms. The topological polar surface area (TPSA) is 23.5 Å². The summed E-state index contributed by atoms with van der Waals surface area (Å²) in [7, 11) is 0. The maximum Gasteiger partial charge on any atom is 0.123 e. The van der Waals surface area contributed by atoms with Gasteiger partial charge in [-0.25, -0.2) is 4.39 Å². The maximum atomic E-state index is 12.9. The average Bonchev–Trinajstić information content (AvgIpc) is 2.36. The molecule has 1 unspecified atom stereocenters. The normalized spacial score (nSPS) is 32.1. The van der Waals surface area contributed by atoms with Crippen molar-refractivity contribution in [3.63, 3.8) is 0 Å². The standard InChI is InChI=1S/C14H16FNO/c15-11-3-1-10(2-4-11)12-5-7-16-8-6-14(17)13(12)9-16/h1-5,13-14,17H,6-9H2/t13-,14+/m1/s1. The second-order valence-electron chi connectivity index (χ2n) is 4.89. The lowest BCUT2D eigenvalue weighted by atomic mass is 9.81. The van der Waals surface area contributed by atoms with E-state index in [0.717, 1.165) is 31.6 Å². The highest BCUT2D eigenvalue weighted by Gasteiger charge is 2.33. The second-order valence-corrected chi connectivity index (χ2v) is 4.89. The highest BCUT2D eigenvalue weighted by molar-refractivity contribution is 5.69. The van der Waals surface area contributed by atoms with Gasteiger partial charge in [0, 0.05) is 25.6 Å². The molecule has 0 aromatic heterocycles. The molecule has 3 rings (SSSR count). The van der Waals surface area contributed by atoms with Gasteiger partial charge in [-0.3, -0.25) is 4.90 Å². The molecule has 0 amide bonds. The third-order valence-corrected chi connectivity index (χ3v) is 3.81. The van der Waals surface area contributed by atoms with E-state index >= 15 is 0 Å². The van der Waals surface area contributed by atoms with E-state index in [4.69, 9.17) is 0 Å². The molecule has 1 aromatic rings. The number of rotatable bonds is 1. The predicted molar refractivity (Wildman–Crippen MR) is 64.9 cm³/mol. The summed E-state index contributed by atoms with van der Waals surface area (Å²) in [5.74, 6) is -0.0288. The van der Waals surface area contributed by atoms with Gasteiger partial charge in [-0.15, -0.1) is 0 Å². The number of nitrogens with zero attached hydrogens (tertiary/aromatic N) is 1. The van der Waals surface area contributed by atoms with Crippen LogP contribution in [-0.4, -0.2) is 35.7 Å². The summed E-state index contributed by atoms with van der Waals surface area (Å²) in [6.45, 7) is 2.84. The number of aliphatic hydroxyl groups excluding tert-OH is 1. The molecule has 2 heterocycles. The Kier molecular flexibility index (Phi) is 2.73. The first-order valence-corrected chi connectivity index (χ1v) is 6.10. The van der Waals surface area contributed by atoms with Crippen molar-refractivity contribution in [2.45, 2.75) is 12.5 Å². The Morgan fingerprint density at radius 2 is 2.00 bits per heavy atom. The minimum atomic E-state index is -0.261. The van der Waals surface area contributed by atoms with E-state index in [9.17, 15) is 9.50 Å². The number of halogens is 1. The molecule has 0 radical (unpaired) electrons. The summed E-state index contributed by atoms with van der Waals surface area (Å²) in [6, 6.07) is 6.58. The number of benzene rings is 1. The SMILES string of the molecule is O[C@H]1CCN2CC=C(c3ccc(F)cc3)[C@H]1C2. The molecule has 0 aliphatic carbocycles. The summed E-state index contributed by atoms with van der Waals surface area (Å²) in [6.07, 6.45) is 2.75. The van der Waals surface area contributed by atoms with Crippen LogP contribution in [0.3, 0.4) is 0 Å². The van der Waals surface area contributed by atoms with Crippen molar-refractivity contribution >= 4 is 5.57 Å². The van der Waals surface area contributed by atoms with Crippen molar-refractivity contribution in [1.82, 2.24) is 4.90 Å². The zero-order valence-electron chi connectivity index (χ0n) is 9.64. The first-order chi connectivity index (χ1) is 8.24. The lowest BCUT2D eigenvalue weighted by Gasteiger charge is -2.40. The number of piperidine rings is 1. The van der Waals surface area contributed by atoms with Crippen LogP contribution in [0, 0.1) is 11.7 Å². The van der Waals surface area contributed by atoms with Crippen LogP contribution in [-0.2, 0) is 0 Å². The van der Waals surface area contributed by atoms with Gasteiger partial charge in [0.05, 0.1) is 6.10 Å². The van der Waals surface area contributed by atoms with Crippen molar-refractivity contribution in [2.24, 2.45) is 5.92 Å². The van der Waals surface area contributed by atoms with Crippen molar-refractivity contribution in [1.29, 1.82) is 0 Å². The summed E-state index contributed by atoms with van der Waals surface area (Å²) >= 11 is 0. The highest BCUT2D eigenvalue weighted by Crippen LogP contribution is 2.34. The second kappa shape index (κ2) is 4.24. The van der Waals surface area contributed by atoms with E-state index in [1.807, 2.05) is 0 Å². The molecule has 3 heteroatoms. The third kappa shape index (κ3) is 2.01. The summed E-state index contributed by atoms with van der Waals surface area (Å²) in [5.41, 5.74) is 2.21. The lowest BCUT2D eigenvalue weighted by molar-refractivity contribution is 0.0509. The van der Waals surface area contributed by atoms with Gasteiger partial charge in [0.15, 0.2) is 0 Å². The number of fused-ring (bicyclic) bond motifs is 2. The molecule has 3 atom stereocenters. The van der Waals surface area contributed by atoms with E-state index in [0.29, 0.717) is 0 Å². The largest absolute Gasteiger partial charge is 0.392 e. The van der Waals surface area contributed by atoms with Crippen LogP contribution in [0.1, 0.15) is 12.0 Å². The Morgan fingerprint density at radius 3 is 2.76 bits per heavy atom. The summed E-state index contributed by atoms with van der Waals surface area (Å²) in [4.78, 5) is 2.35. The van der Waals surface area contributed by atoms with Gasteiger partial charge in [0.1, 0.15) is 5.82 Å². The average molecular weight is 233 g/mol. The first kappa shape index (κ1) is 10.9. The van der Waals surface area contributed by atoms with Crippen LogP contribution in [0.5, 0.6) is 0 Å². The van der Waals surface area contributed by atoms with E-state index in [1.54, 1.807) is 12.1 Å². The molecule has 1 saturated heterocycles. The lowest BCUT2D eigenvalue weighted by Crippen LogP contribution is -2.46. The van der Waals surface area contributed by atoms with Crippen LogP contribution in [0.2, 0.25) is 0 Å². The van der Waals surface area contributed by atoms with E-state index in [-0.39, 0.29) is 17.8 Å². The molecule has 1 fully saturated rings. The van der Waals surface area contributed by atoms with Gasteiger partial charge in [-0.05, 0) is 29.7 Å². The molecule has 2 bridgehead atoms. The predicted octanol–water partition coefficient (Wildman–Crippen LogP) is 1.91. The van der Waals surface area contributed by atoms with Crippen molar-refractivity contribution in [2.75, 3.05) is 19.6 Å². The Balaban J connectivity index is 1.94. The first-order valence-electron chi connectivity index (χ1n) is 6.10. The minimum Gasteiger partial charge on any atom is -0.392 e. The fourth-order valence-corrected chi connectivity index (χ4v) is 2.83. The minimum absolute atomic E-state index is 0.183. The Labute approximate surface area is 100 Å². The fourth-order valence-electron chi connectivity index (χ4n) is 2.83. The van der Waals surface area contributed by atoms with Gasteiger partial charge in [0.25, 0.3) is 0 Å². The van der Waals surface area contributed by atoms with Crippen molar-refractivity contribution in [3.05, 3.63) is 41.7 Å². The molecule has 1 N–H and O–H groups in total. The van der Waals surface area contributed by atoms with Gasteiger partial charge in [-0.1, -0.05) is 18.2 Å². The molecular weight excluding hydrogens is 217 g/mol. The van der Waals surface area contributed by atoms with Gasteiger partial charge >= 0.3 is 0 Å². The zero-order chi connectivity index (χ0) is 11.8. The van der Waals surface area contributed by atoms with Gasteiger partial charge in [-0.2, -0.15) is 0 Å². The molecule has 1 aromatic carbocycles. The van der Waals surface area contributed by atoms with Crippen molar-refractivity contribution in [3.8, 4) is 0 Å². The van der Waals surface area contributed by atoms with Crippen LogP contribution in [0.4, 0.5) is 4.39 Å². The molecule has 2 nitrogen and oxygen atoms in total. The van der Waals surface area contributed by atoms with E-state index in [1.165, 1.54) is 17.7 Å². The van der Waals surface area contributed by atoms with Crippen LogP contribution < -0.4 is 0 Å². The quantitative estimate of drug-likeness (QED) is 0.801.